The predicted octanol–water partition coefficient (Wildman–Crippen LogP) is 2.47. The highest BCUT2D eigenvalue weighted by Crippen LogP contribution is 2.36. The second kappa shape index (κ2) is 6.87. The summed E-state index contributed by atoms with van der Waals surface area (Å²) in [6.45, 7) is 0.859. The number of nitrogens with one attached hydrogen (secondary N) is 2. The Morgan fingerprint density at radius 3 is 2.84 bits per heavy atom. The number of urea groups is 1. The van der Waals surface area contributed by atoms with Gasteiger partial charge >= 0.3 is 6.03 Å². The Morgan fingerprint density at radius 1 is 1.32 bits per heavy atom. The van der Waals surface area contributed by atoms with Crippen LogP contribution in [0.5, 0.6) is 0 Å². The van der Waals surface area contributed by atoms with Crippen LogP contribution in [-0.4, -0.2) is 23.5 Å². The number of anilines is 2. The number of amides is 3. The Kier molecular flexibility index (Phi) is 4.63. The van der Waals surface area contributed by atoms with Crippen molar-refractivity contribution in [2.24, 2.45) is 5.73 Å². The number of nitro benzene ring substituents is 1. The molecular weight excluding hydrogens is 348 g/mol. The van der Waals surface area contributed by atoms with E-state index in [4.69, 9.17) is 10.5 Å². The molecule has 0 atom stereocenters. The minimum Gasteiger partial charge on any atom is -0.376 e. The van der Waals surface area contributed by atoms with Gasteiger partial charge in [-0.25, -0.2) is 4.79 Å². The van der Waals surface area contributed by atoms with Gasteiger partial charge in [0, 0.05) is 22.7 Å². The molecule has 1 aromatic carbocycles. The maximum Gasteiger partial charge on any atom is 0.324 e. The van der Waals surface area contributed by atoms with Crippen LogP contribution in [0.2, 0.25) is 0 Å². The predicted molar refractivity (Wildman–Crippen MR) is 91.9 cm³/mol. The lowest BCUT2D eigenvalue weighted by molar-refractivity contribution is -0.384. The first kappa shape index (κ1) is 16.9. The summed E-state index contributed by atoms with van der Waals surface area (Å²) in [5, 5.41) is 16.2. The number of carbonyl (C=O) groups excluding carboxylic acids is 2. The van der Waals surface area contributed by atoms with Gasteiger partial charge in [-0.2, -0.15) is 0 Å². The highest BCUT2D eigenvalue weighted by molar-refractivity contribution is 7.17. The van der Waals surface area contributed by atoms with Crippen LogP contribution in [0.4, 0.5) is 21.2 Å². The van der Waals surface area contributed by atoms with Gasteiger partial charge in [0.25, 0.3) is 11.6 Å². The van der Waals surface area contributed by atoms with Crippen molar-refractivity contribution in [1.82, 2.24) is 0 Å². The number of benzene rings is 1. The van der Waals surface area contributed by atoms with E-state index >= 15 is 0 Å². The summed E-state index contributed by atoms with van der Waals surface area (Å²) in [5.41, 5.74) is 6.66. The molecule has 2 aromatic rings. The lowest BCUT2D eigenvalue weighted by Gasteiger charge is -2.12. The van der Waals surface area contributed by atoms with Crippen LogP contribution in [-0.2, 0) is 17.8 Å². The van der Waals surface area contributed by atoms with Crippen LogP contribution in [0.15, 0.2) is 24.3 Å². The molecule has 1 aliphatic heterocycles. The summed E-state index contributed by atoms with van der Waals surface area (Å²) in [6.07, 6.45) is 0.554. The number of fused-ring (bicyclic) bond motifs is 1. The average molecular weight is 362 g/mol. The number of non-ortho nitro benzene ring substituents is 1. The maximum atomic E-state index is 12.2. The van der Waals surface area contributed by atoms with Crippen molar-refractivity contribution in [3.05, 3.63) is 50.4 Å². The van der Waals surface area contributed by atoms with E-state index in [1.54, 1.807) is 0 Å². The van der Waals surface area contributed by atoms with E-state index in [1.807, 2.05) is 0 Å². The zero-order valence-corrected chi connectivity index (χ0v) is 13.7. The first-order valence-corrected chi connectivity index (χ1v) is 8.12. The van der Waals surface area contributed by atoms with Crippen molar-refractivity contribution in [2.75, 3.05) is 17.2 Å². The first-order chi connectivity index (χ1) is 12.0. The Morgan fingerprint density at radius 2 is 2.12 bits per heavy atom. The Balaban J connectivity index is 1.79. The van der Waals surface area contributed by atoms with Gasteiger partial charge in [0.1, 0.15) is 5.00 Å². The summed E-state index contributed by atoms with van der Waals surface area (Å²) < 4.78 is 5.35. The molecule has 0 aliphatic carbocycles. The van der Waals surface area contributed by atoms with Gasteiger partial charge in [-0.15, -0.1) is 11.3 Å². The number of ether oxygens (including phenoxy) is 1. The monoisotopic (exact) mass is 362 g/mol. The number of primary amides is 1. The number of nitro groups is 1. The van der Waals surface area contributed by atoms with Crippen LogP contribution in [0.1, 0.15) is 20.8 Å². The third-order valence-corrected chi connectivity index (χ3v) is 4.73. The van der Waals surface area contributed by atoms with Gasteiger partial charge in [-0.3, -0.25) is 20.2 Å². The molecule has 0 saturated heterocycles. The number of thiophene rings is 1. The molecule has 0 radical (unpaired) electrons. The number of rotatable bonds is 4. The lowest BCUT2D eigenvalue weighted by Crippen LogP contribution is -2.22. The summed E-state index contributed by atoms with van der Waals surface area (Å²) in [7, 11) is 0. The molecule has 4 N–H and O–H groups in total. The molecule has 0 spiro atoms. The molecule has 3 amide bonds. The highest BCUT2D eigenvalue weighted by Gasteiger charge is 2.25. The third-order valence-electron chi connectivity index (χ3n) is 3.61. The molecule has 9 nitrogen and oxygen atoms in total. The Bertz CT molecular complexity index is 864. The van der Waals surface area contributed by atoms with Gasteiger partial charge in [-0.1, -0.05) is 6.07 Å². The molecule has 0 fully saturated rings. The minimum absolute atomic E-state index is 0.139. The fraction of sp³-hybridized carbons (Fsp3) is 0.200. The van der Waals surface area contributed by atoms with Crippen molar-refractivity contribution in [2.45, 2.75) is 13.0 Å². The van der Waals surface area contributed by atoms with Crippen molar-refractivity contribution < 1.29 is 19.2 Å². The quantitative estimate of drug-likeness (QED) is 0.567. The maximum absolute atomic E-state index is 12.2. The number of nitrogens with two attached hydrogens (primary N) is 1. The zero-order chi connectivity index (χ0) is 18.0. The number of hydrogen-bond donors (Lipinski definition) is 3. The zero-order valence-electron chi connectivity index (χ0n) is 12.9. The van der Waals surface area contributed by atoms with Crippen molar-refractivity contribution >= 4 is 39.7 Å². The summed E-state index contributed by atoms with van der Waals surface area (Å²) in [6, 6.07) is 4.92. The molecule has 0 unspecified atom stereocenters. The van der Waals surface area contributed by atoms with E-state index in [9.17, 15) is 19.7 Å². The molecule has 0 bridgehead atoms. The summed E-state index contributed by atoms with van der Waals surface area (Å²) in [5.74, 6) is -0.620. The van der Waals surface area contributed by atoms with Crippen molar-refractivity contribution in [3.63, 3.8) is 0 Å². The normalized spacial score (nSPS) is 13.0. The standard InChI is InChI=1S/C15H14N4O5S/c16-13(20)12-10-4-5-24-7-11(10)25-14(12)18-15(21)17-8-2-1-3-9(6-8)19(22)23/h1-3,6H,4-5,7H2,(H2,16,20)(H2,17,18,21). The van der Waals surface area contributed by atoms with Gasteiger partial charge in [0.15, 0.2) is 0 Å². The number of nitrogens with zero attached hydrogens (tertiary/aromatic N) is 1. The van der Waals surface area contributed by atoms with E-state index in [0.717, 1.165) is 10.4 Å². The molecule has 10 heteroatoms. The smallest absolute Gasteiger partial charge is 0.324 e. The lowest BCUT2D eigenvalue weighted by atomic mass is 10.1. The molecule has 1 aromatic heterocycles. The fourth-order valence-electron chi connectivity index (χ4n) is 2.54. The van der Waals surface area contributed by atoms with Gasteiger partial charge in [0.2, 0.25) is 0 Å². The van der Waals surface area contributed by atoms with Crippen molar-refractivity contribution in [1.29, 1.82) is 0 Å². The van der Waals surface area contributed by atoms with Crippen LogP contribution in [0, 0.1) is 10.1 Å². The second-order valence-corrected chi connectivity index (χ2v) is 6.37. The molecule has 130 valence electrons. The van der Waals surface area contributed by atoms with E-state index in [0.29, 0.717) is 24.6 Å². The van der Waals surface area contributed by atoms with Gasteiger partial charge in [-0.05, 0) is 18.1 Å². The molecule has 0 saturated carbocycles. The summed E-state index contributed by atoms with van der Waals surface area (Å²) >= 11 is 1.23. The Labute approximate surface area is 145 Å². The topological polar surface area (TPSA) is 137 Å². The van der Waals surface area contributed by atoms with Crippen LogP contribution >= 0.6 is 11.3 Å². The highest BCUT2D eigenvalue weighted by atomic mass is 32.1. The van der Waals surface area contributed by atoms with Crippen LogP contribution in [0.25, 0.3) is 0 Å². The molecular formula is C15H14N4O5S. The Hall–Kier alpha value is -2.98. The number of hydrogen-bond acceptors (Lipinski definition) is 6. The largest absolute Gasteiger partial charge is 0.376 e. The van der Waals surface area contributed by atoms with Gasteiger partial charge in [0.05, 0.1) is 23.7 Å². The molecule has 2 heterocycles. The van der Waals surface area contributed by atoms with Crippen LogP contribution in [0.3, 0.4) is 0 Å². The molecule has 3 rings (SSSR count). The van der Waals surface area contributed by atoms with E-state index in [1.165, 1.54) is 35.6 Å². The van der Waals surface area contributed by atoms with E-state index in [2.05, 4.69) is 10.6 Å². The first-order valence-electron chi connectivity index (χ1n) is 7.30. The SMILES string of the molecule is NC(=O)c1c(NC(=O)Nc2cccc([N+](=O)[O-])c2)sc2c1CCOC2. The van der Waals surface area contributed by atoms with Crippen molar-refractivity contribution in [3.8, 4) is 0 Å². The third kappa shape index (κ3) is 3.59. The van der Waals surface area contributed by atoms with Gasteiger partial charge < -0.3 is 15.8 Å². The molecule has 1 aliphatic rings. The average Bonchev–Trinajstić information content (AvgIpc) is 2.92. The van der Waals surface area contributed by atoms with Crippen LogP contribution < -0.4 is 16.4 Å². The second-order valence-electron chi connectivity index (χ2n) is 5.26. The molecule has 25 heavy (non-hydrogen) atoms. The fourth-order valence-corrected chi connectivity index (χ4v) is 3.73. The summed E-state index contributed by atoms with van der Waals surface area (Å²) in [4.78, 5) is 35.0. The number of carbonyl (C=O) groups is 2. The minimum atomic E-state index is -0.623. The van der Waals surface area contributed by atoms with E-state index in [-0.39, 0.29) is 16.9 Å². The van der Waals surface area contributed by atoms with E-state index < -0.39 is 16.9 Å².